The minimum absolute atomic E-state index is 0.110. The molecule has 2 amide bonds. The van der Waals surface area contributed by atoms with Crippen molar-refractivity contribution in [1.82, 2.24) is 15.5 Å². The quantitative estimate of drug-likeness (QED) is 0.684. The number of nitrogens with zero attached hydrogens (tertiary/aromatic N) is 2. The van der Waals surface area contributed by atoms with Crippen molar-refractivity contribution in [2.24, 2.45) is 5.73 Å². The Bertz CT molecular complexity index is 669. The summed E-state index contributed by atoms with van der Waals surface area (Å²) in [4.78, 5) is 23.3. The average molecular weight is 330 g/mol. The van der Waals surface area contributed by atoms with Crippen LogP contribution >= 0.6 is 0 Å². The van der Waals surface area contributed by atoms with Gasteiger partial charge in [0.2, 0.25) is 17.7 Å². The van der Waals surface area contributed by atoms with Gasteiger partial charge in [0.15, 0.2) is 0 Å². The average Bonchev–Trinajstić information content (AvgIpc) is 3.02. The summed E-state index contributed by atoms with van der Waals surface area (Å²) in [5.74, 6) is -0.286. The van der Waals surface area contributed by atoms with Crippen LogP contribution < -0.4 is 11.1 Å². The number of benzene rings is 1. The molecule has 24 heavy (non-hydrogen) atoms. The zero-order valence-electron chi connectivity index (χ0n) is 13.7. The van der Waals surface area contributed by atoms with Gasteiger partial charge in [-0.05, 0) is 18.6 Å². The molecule has 1 aromatic heterocycles. The summed E-state index contributed by atoms with van der Waals surface area (Å²) in [6, 6.07) is 8.55. The number of nitrogens with two attached hydrogens (primary N) is 1. The highest BCUT2D eigenvalue weighted by Gasteiger charge is 2.21. The van der Waals surface area contributed by atoms with Gasteiger partial charge >= 0.3 is 0 Å². The molecule has 0 saturated carbocycles. The van der Waals surface area contributed by atoms with E-state index in [9.17, 15) is 9.59 Å². The highest BCUT2D eigenvalue weighted by molar-refractivity contribution is 5.94. The van der Waals surface area contributed by atoms with E-state index in [-0.39, 0.29) is 18.2 Å². The molecule has 0 aliphatic heterocycles. The molecule has 128 valence electrons. The standard InChI is InChI=1S/C17H22N4O3/c1-2-3-5-10-13(17-21-20-15(24-17)11-14(18)22)19-16(23)12-8-6-4-7-9-12/h4,6-9,13H,2-3,5,10-11H2,1H3,(H2,18,22)(H,19,23)/t13-/m0/s1. The number of carbonyl (C=O) groups excluding carboxylic acids is 2. The summed E-state index contributed by atoms with van der Waals surface area (Å²) in [5, 5.41) is 10.7. The normalized spacial score (nSPS) is 11.9. The van der Waals surface area contributed by atoms with E-state index in [1.54, 1.807) is 24.3 Å². The van der Waals surface area contributed by atoms with E-state index in [1.165, 1.54) is 0 Å². The first-order valence-electron chi connectivity index (χ1n) is 8.06. The van der Waals surface area contributed by atoms with E-state index >= 15 is 0 Å². The summed E-state index contributed by atoms with van der Waals surface area (Å²) < 4.78 is 5.49. The molecule has 1 heterocycles. The maximum atomic E-state index is 12.4. The molecule has 0 bridgehead atoms. The third-order valence-corrected chi connectivity index (χ3v) is 3.54. The molecule has 1 aromatic carbocycles. The lowest BCUT2D eigenvalue weighted by molar-refractivity contribution is -0.117. The number of hydrogen-bond acceptors (Lipinski definition) is 5. The fraction of sp³-hybridized carbons (Fsp3) is 0.412. The van der Waals surface area contributed by atoms with Crippen molar-refractivity contribution in [3.8, 4) is 0 Å². The Morgan fingerprint density at radius 2 is 1.96 bits per heavy atom. The zero-order chi connectivity index (χ0) is 17.4. The number of carbonyl (C=O) groups is 2. The fourth-order valence-corrected chi connectivity index (χ4v) is 2.31. The predicted molar refractivity (Wildman–Crippen MR) is 88.0 cm³/mol. The summed E-state index contributed by atoms with van der Waals surface area (Å²) in [7, 11) is 0. The molecule has 3 N–H and O–H groups in total. The lowest BCUT2D eigenvalue weighted by Crippen LogP contribution is -2.28. The first kappa shape index (κ1) is 17.7. The van der Waals surface area contributed by atoms with E-state index in [2.05, 4.69) is 22.4 Å². The molecule has 1 atom stereocenters. The molecule has 0 spiro atoms. The van der Waals surface area contributed by atoms with E-state index < -0.39 is 11.9 Å². The highest BCUT2D eigenvalue weighted by Crippen LogP contribution is 2.20. The van der Waals surface area contributed by atoms with E-state index in [0.717, 1.165) is 19.3 Å². The number of unbranched alkanes of at least 4 members (excludes halogenated alkanes) is 2. The number of hydrogen-bond donors (Lipinski definition) is 2. The van der Waals surface area contributed by atoms with Gasteiger partial charge in [0.25, 0.3) is 5.91 Å². The second-order valence-electron chi connectivity index (χ2n) is 5.56. The largest absolute Gasteiger partial charge is 0.422 e. The molecular formula is C17H22N4O3. The second-order valence-corrected chi connectivity index (χ2v) is 5.56. The van der Waals surface area contributed by atoms with Crippen LogP contribution in [0.1, 0.15) is 60.8 Å². The highest BCUT2D eigenvalue weighted by atomic mass is 16.4. The van der Waals surface area contributed by atoms with Gasteiger partial charge in [-0.15, -0.1) is 10.2 Å². The van der Waals surface area contributed by atoms with Crippen molar-refractivity contribution in [2.45, 2.75) is 45.1 Å². The summed E-state index contributed by atoms with van der Waals surface area (Å²) >= 11 is 0. The molecule has 0 unspecified atom stereocenters. The summed E-state index contributed by atoms with van der Waals surface area (Å²) in [6.07, 6.45) is 3.60. The Kier molecular flexibility index (Phi) is 6.48. The zero-order valence-corrected chi connectivity index (χ0v) is 13.7. The number of rotatable bonds is 9. The van der Waals surface area contributed by atoms with Gasteiger partial charge in [-0.2, -0.15) is 0 Å². The van der Waals surface area contributed by atoms with Crippen molar-refractivity contribution in [2.75, 3.05) is 0 Å². The molecular weight excluding hydrogens is 308 g/mol. The van der Waals surface area contributed by atoms with Crippen LogP contribution in [0.5, 0.6) is 0 Å². The molecule has 7 heteroatoms. The molecule has 2 rings (SSSR count). The SMILES string of the molecule is CCCCC[C@H](NC(=O)c1ccccc1)c1nnc(CC(N)=O)o1. The Morgan fingerprint density at radius 1 is 1.21 bits per heavy atom. The minimum Gasteiger partial charge on any atom is -0.422 e. The lowest BCUT2D eigenvalue weighted by Gasteiger charge is -2.15. The number of aromatic nitrogens is 2. The topological polar surface area (TPSA) is 111 Å². The summed E-state index contributed by atoms with van der Waals surface area (Å²) in [5.41, 5.74) is 5.69. The van der Waals surface area contributed by atoms with Gasteiger partial charge in [0, 0.05) is 5.56 Å². The minimum atomic E-state index is -0.541. The van der Waals surface area contributed by atoms with Crippen LogP contribution in [0.15, 0.2) is 34.7 Å². The van der Waals surface area contributed by atoms with Gasteiger partial charge in [-0.3, -0.25) is 9.59 Å². The smallest absolute Gasteiger partial charge is 0.251 e. The van der Waals surface area contributed by atoms with Crippen molar-refractivity contribution in [3.63, 3.8) is 0 Å². The van der Waals surface area contributed by atoms with Gasteiger partial charge in [0.1, 0.15) is 12.5 Å². The van der Waals surface area contributed by atoms with Crippen LogP contribution in [0.25, 0.3) is 0 Å². The van der Waals surface area contributed by atoms with Crippen LogP contribution in [0, 0.1) is 0 Å². The number of amides is 2. The Hall–Kier alpha value is -2.70. The van der Waals surface area contributed by atoms with Gasteiger partial charge in [-0.1, -0.05) is 44.4 Å². The van der Waals surface area contributed by atoms with Gasteiger partial charge in [0.05, 0.1) is 0 Å². The molecule has 0 radical (unpaired) electrons. The first-order chi connectivity index (χ1) is 11.6. The molecule has 0 aliphatic carbocycles. The van der Waals surface area contributed by atoms with E-state index in [0.29, 0.717) is 17.9 Å². The lowest BCUT2D eigenvalue weighted by atomic mass is 10.1. The molecule has 7 nitrogen and oxygen atoms in total. The van der Waals surface area contributed by atoms with E-state index in [4.69, 9.17) is 10.2 Å². The first-order valence-corrected chi connectivity index (χ1v) is 8.06. The fourth-order valence-electron chi connectivity index (χ4n) is 2.31. The molecule has 0 saturated heterocycles. The van der Waals surface area contributed by atoms with Crippen molar-refractivity contribution >= 4 is 11.8 Å². The second kappa shape index (κ2) is 8.81. The van der Waals surface area contributed by atoms with Crippen molar-refractivity contribution < 1.29 is 14.0 Å². The molecule has 0 aliphatic rings. The Labute approximate surface area is 140 Å². The third-order valence-electron chi connectivity index (χ3n) is 3.54. The number of nitrogens with one attached hydrogen (secondary N) is 1. The maximum Gasteiger partial charge on any atom is 0.251 e. The van der Waals surface area contributed by atoms with E-state index in [1.807, 2.05) is 6.07 Å². The third kappa shape index (κ3) is 5.19. The van der Waals surface area contributed by atoms with Crippen molar-refractivity contribution in [1.29, 1.82) is 0 Å². The van der Waals surface area contributed by atoms with Gasteiger partial charge < -0.3 is 15.5 Å². The van der Waals surface area contributed by atoms with Crippen LogP contribution in [-0.2, 0) is 11.2 Å². The van der Waals surface area contributed by atoms with Crippen LogP contribution in [0.3, 0.4) is 0 Å². The Balaban J connectivity index is 2.10. The van der Waals surface area contributed by atoms with Crippen LogP contribution in [-0.4, -0.2) is 22.0 Å². The van der Waals surface area contributed by atoms with Crippen molar-refractivity contribution in [3.05, 3.63) is 47.7 Å². The van der Waals surface area contributed by atoms with Crippen LogP contribution in [0.4, 0.5) is 0 Å². The maximum absolute atomic E-state index is 12.4. The molecule has 0 fully saturated rings. The van der Waals surface area contributed by atoms with Gasteiger partial charge in [-0.25, -0.2) is 0 Å². The van der Waals surface area contributed by atoms with Crippen LogP contribution in [0.2, 0.25) is 0 Å². The predicted octanol–water partition coefficient (Wildman–Crippen LogP) is 2.15. The number of primary amides is 1. The summed E-state index contributed by atoms with van der Waals surface area (Å²) in [6.45, 7) is 2.11. The monoisotopic (exact) mass is 330 g/mol. The molecule has 2 aromatic rings. The Morgan fingerprint density at radius 3 is 2.62 bits per heavy atom.